The number of pyridine rings is 1. The van der Waals surface area contributed by atoms with E-state index in [0.717, 1.165) is 10.9 Å². The monoisotopic (exact) mass is 450 g/mol. The largest absolute Gasteiger partial charge is 0.468 e. The topological polar surface area (TPSA) is 122 Å². The lowest BCUT2D eigenvalue weighted by atomic mass is 10.1. The van der Waals surface area contributed by atoms with Gasteiger partial charge in [-0.2, -0.15) is 4.31 Å². The summed E-state index contributed by atoms with van der Waals surface area (Å²) in [6, 6.07) is 15.4. The molecule has 3 aromatic heterocycles. The molecule has 0 bridgehead atoms. The number of furan rings is 1. The number of sulfonamides is 1. The van der Waals surface area contributed by atoms with E-state index in [9.17, 15) is 13.2 Å². The van der Waals surface area contributed by atoms with Crippen molar-refractivity contribution in [3.63, 3.8) is 0 Å². The van der Waals surface area contributed by atoms with Gasteiger partial charge in [0.25, 0.3) is 5.56 Å². The van der Waals surface area contributed by atoms with Gasteiger partial charge in [0.2, 0.25) is 10.0 Å². The first-order valence-corrected chi connectivity index (χ1v) is 11.2. The summed E-state index contributed by atoms with van der Waals surface area (Å²) < 4.78 is 38.6. The zero-order valence-corrected chi connectivity index (χ0v) is 17.8. The summed E-state index contributed by atoms with van der Waals surface area (Å²) in [6.45, 7) is 1.70. The molecule has 0 spiro atoms. The van der Waals surface area contributed by atoms with Crippen LogP contribution >= 0.6 is 0 Å². The number of hydrogen-bond acceptors (Lipinski definition) is 7. The smallest absolute Gasteiger partial charge is 0.252 e. The van der Waals surface area contributed by atoms with Crippen LogP contribution in [0.4, 0.5) is 0 Å². The van der Waals surface area contributed by atoms with E-state index < -0.39 is 10.0 Å². The van der Waals surface area contributed by atoms with Crippen molar-refractivity contribution in [2.45, 2.75) is 24.9 Å². The first-order valence-electron chi connectivity index (χ1n) is 9.78. The third-order valence-corrected chi connectivity index (χ3v) is 7.03. The van der Waals surface area contributed by atoms with Gasteiger partial charge in [-0.3, -0.25) is 4.79 Å². The van der Waals surface area contributed by atoms with Gasteiger partial charge in [0.15, 0.2) is 5.52 Å². The second kappa shape index (κ2) is 7.74. The molecule has 2 aromatic carbocycles. The third-order valence-electron chi connectivity index (χ3n) is 5.20. The zero-order valence-electron chi connectivity index (χ0n) is 17.0. The zero-order chi connectivity index (χ0) is 22.3. The molecule has 0 saturated heterocycles. The van der Waals surface area contributed by atoms with Crippen molar-refractivity contribution in [1.29, 1.82) is 0 Å². The second-order valence-electron chi connectivity index (χ2n) is 7.45. The number of fused-ring (bicyclic) bond motifs is 2. The van der Waals surface area contributed by atoms with E-state index in [2.05, 4.69) is 15.3 Å². The van der Waals surface area contributed by atoms with Crippen LogP contribution in [0.15, 0.2) is 79.6 Å². The molecule has 10 heteroatoms. The molecule has 0 amide bonds. The van der Waals surface area contributed by atoms with Gasteiger partial charge in [0.05, 0.1) is 12.8 Å². The highest BCUT2D eigenvalue weighted by atomic mass is 32.2. The summed E-state index contributed by atoms with van der Waals surface area (Å²) in [4.78, 5) is 15.6. The van der Waals surface area contributed by atoms with E-state index in [1.165, 1.54) is 16.6 Å². The average molecular weight is 450 g/mol. The number of benzene rings is 2. The number of hydrogen-bond donors (Lipinski definition) is 1. The molecule has 0 aliphatic heterocycles. The number of aromatic amines is 1. The molecule has 0 saturated carbocycles. The van der Waals surface area contributed by atoms with E-state index in [1.54, 1.807) is 30.3 Å². The summed E-state index contributed by atoms with van der Waals surface area (Å²) in [7, 11) is -4.09. The van der Waals surface area contributed by atoms with Gasteiger partial charge >= 0.3 is 0 Å². The second-order valence-corrected chi connectivity index (χ2v) is 9.36. The van der Waals surface area contributed by atoms with Gasteiger partial charge in [0.1, 0.15) is 16.2 Å². The SMILES string of the molecule is Cc1ccc2cc(CN(Cc3ccco3)S(=O)(=O)c3cccc4nonc34)c(=O)[nH]c2c1. The number of rotatable bonds is 6. The predicted molar refractivity (Wildman–Crippen MR) is 116 cm³/mol. The molecule has 5 rings (SSSR count). The lowest BCUT2D eigenvalue weighted by molar-refractivity contribution is 0.314. The Bertz CT molecular complexity index is 1590. The Kier molecular flexibility index (Phi) is 4.87. The molecule has 5 aromatic rings. The number of nitrogens with one attached hydrogen (secondary N) is 1. The normalized spacial score (nSPS) is 12.2. The van der Waals surface area contributed by atoms with Gasteiger partial charge < -0.3 is 9.40 Å². The molecule has 0 fully saturated rings. The fraction of sp³-hybridized carbons (Fsp3) is 0.136. The van der Waals surface area contributed by atoms with E-state index in [0.29, 0.717) is 22.4 Å². The molecule has 32 heavy (non-hydrogen) atoms. The number of H-pyrrole nitrogens is 1. The Labute approximate surface area is 182 Å². The van der Waals surface area contributed by atoms with Crippen LogP contribution in [-0.2, 0) is 23.1 Å². The van der Waals surface area contributed by atoms with Crippen LogP contribution in [0, 0.1) is 6.92 Å². The first-order chi connectivity index (χ1) is 15.4. The van der Waals surface area contributed by atoms with Crippen molar-refractivity contribution in [3.05, 3.63) is 88.1 Å². The van der Waals surface area contributed by atoms with Crippen molar-refractivity contribution in [2.24, 2.45) is 0 Å². The predicted octanol–water partition coefficient (Wildman–Crippen LogP) is 3.36. The van der Waals surface area contributed by atoms with Crippen molar-refractivity contribution in [3.8, 4) is 0 Å². The molecular formula is C22H18N4O5S. The van der Waals surface area contributed by atoms with Gasteiger partial charge in [-0.05, 0) is 64.6 Å². The molecule has 0 aliphatic rings. The van der Waals surface area contributed by atoms with Gasteiger partial charge in [-0.15, -0.1) is 0 Å². The van der Waals surface area contributed by atoms with Gasteiger partial charge in [-0.1, -0.05) is 18.2 Å². The highest BCUT2D eigenvalue weighted by Crippen LogP contribution is 2.26. The van der Waals surface area contributed by atoms with E-state index in [1.807, 2.05) is 25.1 Å². The van der Waals surface area contributed by atoms with Crippen LogP contribution in [0.1, 0.15) is 16.9 Å². The summed E-state index contributed by atoms with van der Waals surface area (Å²) in [5.74, 6) is 0.437. The van der Waals surface area contributed by atoms with Crippen LogP contribution in [0.2, 0.25) is 0 Å². The molecule has 0 radical (unpaired) electrons. The van der Waals surface area contributed by atoms with Gasteiger partial charge in [0, 0.05) is 17.6 Å². The average Bonchev–Trinajstić information content (AvgIpc) is 3.45. The van der Waals surface area contributed by atoms with Crippen LogP contribution < -0.4 is 5.56 Å². The molecule has 162 valence electrons. The third kappa shape index (κ3) is 3.59. The maximum absolute atomic E-state index is 13.7. The van der Waals surface area contributed by atoms with Gasteiger partial charge in [-0.25, -0.2) is 13.0 Å². The molecule has 0 unspecified atom stereocenters. The Hall–Kier alpha value is -3.76. The summed E-state index contributed by atoms with van der Waals surface area (Å²) in [6.07, 6.45) is 1.47. The quantitative estimate of drug-likeness (QED) is 0.421. The minimum atomic E-state index is -4.09. The maximum atomic E-state index is 13.7. The number of nitrogens with zero attached hydrogens (tertiary/aromatic N) is 3. The van der Waals surface area contributed by atoms with Crippen molar-refractivity contribution in [2.75, 3.05) is 0 Å². The molecule has 1 N–H and O–H groups in total. The summed E-state index contributed by atoms with van der Waals surface area (Å²) >= 11 is 0. The van der Waals surface area contributed by atoms with Crippen LogP contribution in [-0.4, -0.2) is 28.0 Å². The number of aromatic nitrogens is 3. The molecular weight excluding hydrogens is 432 g/mol. The van der Waals surface area contributed by atoms with Crippen LogP contribution in [0.3, 0.4) is 0 Å². The Morgan fingerprint density at radius 2 is 1.91 bits per heavy atom. The first kappa shape index (κ1) is 20.2. The standard InChI is InChI=1S/C22H18N4O5S/c1-14-7-8-15-11-16(22(27)23-19(15)10-14)12-26(13-17-4-3-9-30-17)32(28,29)20-6-2-5-18-21(20)25-31-24-18/h2-11H,12-13H2,1H3,(H,23,27). The maximum Gasteiger partial charge on any atom is 0.252 e. The lowest BCUT2D eigenvalue weighted by Gasteiger charge is -2.21. The van der Waals surface area contributed by atoms with E-state index in [-0.39, 0.29) is 29.1 Å². The van der Waals surface area contributed by atoms with Crippen molar-refractivity contribution >= 4 is 32.0 Å². The molecule has 3 heterocycles. The molecule has 9 nitrogen and oxygen atoms in total. The van der Waals surface area contributed by atoms with E-state index >= 15 is 0 Å². The van der Waals surface area contributed by atoms with Crippen LogP contribution in [0.5, 0.6) is 0 Å². The van der Waals surface area contributed by atoms with Crippen LogP contribution in [0.25, 0.3) is 21.9 Å². The highest BCUT2D eigenvalue weighted by Gasteiger charge is 2.30. The number of aryl methyl sites for hydroxylation is 1. The van der Waals surface area contributed by atoms with Crippen molar-refractivity contribution < 1.29 is 17.5 Å². The fourth-order valence-electron chi connectivity index (χ4n) is 3.60. The minimum Gasteiger partial charge on any atom is -0.468 e. The molecule has 0 aliphatic carbocycles. The Balaban J connectivity index is 1.61. The minimum absolute atomic E-state index is 0.0596. The Morgan fingerprint density at radius 1 is 1.03 bits per heavy atom. The lowest BCUT2D eigenvalue weighted by Crippen LogP contribution is -2.32. The Morgan fingerprint density at radius 3 is 2.72 bits per heavy atom. The molecule has 0 atom stereocenters. The van der Waals surface area contributed by atoms with Crippen molar-refractivity contribution in [1.82, 2.24) is 19.6 Å². The summed E-state index contributed by atoms with van der Waals surface area (Å²) in [5, 5.41) is 8.29. The summed E-state index contributed by atoms with van der Waals surface area (Å²) in [5.41, 5.74) is 2.10. The highest BCUT2D eigenvalue weighted by molar-refractivity contribution is 7.89. The fourth-order valence-corrected chi connectivity index (χ4v) is 5.12. The van der Waals surface area contributed by atoms with E-state index in [4.69, 9.17) is 9.05 Å².